The van der Waals surface area contributed by atoms with Crippen molar-refractivity contribution in [1.82, 2.24) is 0 Å². The fourth-order valence-corrected chi connectivity index (χ4v) is 4.03. The van der Waals surface area contributed by atoms with Gasteiger partial charge < -0.3 is 4.84 Å². The van der Waals surface area contributed by atoms with E-state index in [1.165, 1.54) is 0 Å². The normalized spacial score (nSPS) is 13.1. The minimum absolute atomic E-state index is 0.0764. The van der Waals surface area contributed by atoms with E-state index in [9.17, 15) is 14.9 Å². The number of hydrogen-bond acceptors (Lipinski definition) is 5. The third-order valence-corrected chi connectivity index (χ3v) is 5.56. The summed E-state index contributed by atoms with van der Waals surface area (Å²) in [6.45, 7) is 0. The lowest BCUT2D eigenvalue weighted by Crippen LogP contribution is -2.23. The first kappa shape index (κ1) is 20.1. The smallest absolute Gasteiger partial charge is 0.312 e. The van der Waals surface area contributed by atoms with Gasteiger partial charge in [0.1, 0.15) is 0 Å². The summed E-state index contributed by atoms with van der Waals surface area (Å²) >= 11 is 0. The van der Waals surface area contributed by atoms with E-state index in [1.54, 1.807) is 66.7 Å². The fraction of sp³-hybridized carbons (Fsp3) is 0. The van der Waals surface area contributed by atoms with Crippen LogP contribution in [-0.4, -0.2) is 17.5 Å². The third-order valence-electron chi connectivity index (χ3n) is 5.56. The maximum Gasteiger partial charge on any atom is 0.366 e. The van der Waals surface area contributed by atoms with Gasteiger partial charge in [0, 0.05) is 16.7 Å². The van der Waals surface area contributed by atoms with Crippen LogP contribution in [0, 0.1) is 11.3 Å². The van der Waals surface area contributed by atoms with E-state index < -0.39 is 5.97 Å². The number of oxime groups is 1. The molecule has 33 heavy (non-hydrogen) atoms. The van der Waals surface area contributed by atoms with Crippen LogP contribution in [0.2, 0.25) is 0 Å². The molecule has 0 atom stereocenters. The van der Waals surface area contributed by atoms with Gasteiger partial charge in [-0.05, 0) is 28.8 Å². The van der Waals surface area contributed by atoms with E-state index in [2.05, 4.69) is 11.2 Å². The van der Waals surface area contributed by atoms with E-state index in [4.69, 9.17) is 4.84 Å². The average molecular weight is 428 g/mol. The largest absolute Gasteiger partial charge is 0.366 e. The Labute approximate surface area is 190 Å². The average Bonchev–Trinajstić information content (AvgIpc) is 2.88. The number of fused-ring (bicyclic) bond motifs is 3. The van der Waals surface area contributed by atoms with Crippen LogP contribution < -0.4 is 0 Å². The molecule has 5 heteroatoms. The Hall–Kier alpha value is -4.82. The van der Waals surface area contributed by atoms with Gasteiger partial charge in [-0.3, -0.25) is 4.79 Å². The van der Waals surface area contributed by atoms with Crippen molar-refractivity contribution in [2.24, 2.45) is 5.16 Å². The number of rotatable bonds is 3. The summed E-state index contributed by atoms with van der Waals surface area (Å²) in [5.74, 6) is -1.02. The van der Waals surface area contributed by atoms with Crippen molar-refractivity contribution in [2.45, 2.75) is 0 Å². The number of benzene rings is 4. The van der Waals surface area contributed by atoms with Gasteiger partial charge in [0.15, 0.2) is 5.71 Å². The molecule has 0 aromatic heterocycles. The van der Waals surface area contributed by atoms with Crippen LogP contribution in [0.4, 0.5) is 0 Å². The van der Waals surface area contributed by atoms with E-state index in [-0.39, 0.29) is 17.1 Å². The molecule has 0 aliphatic heterocycles. The summed E-state index contributed by atoms with van der Waals surface area (Å²) in [4.78, 5) is 31.5. The van der Waals surface area contributed by atoms with Gasteiger partial charge in [0.05, 0.1) is 17.2 Å². The van der Waals surface area contributed by atoms with Gasteiger partial charge in [-0.1, -0.05) is 90.1 Å². The van der Waals surface area contributed by atoms with Crippen molar-refractivity contribution in [3.8, 4) is 28.3 Å². The molecule has 5 nitrogen and oxygen atoms in total. The highest BCUT2D eigenvalue weighted by Gasteiger charge is 2.29. The van der Waals surface area contributed by atoms with E-state index in [0.29, 0.717) is 27.8 Å². The van der Waals surface area contributed by atoms with Crippen LogP contribution in [0.5, 0.6) is 0 Å². The number of nitriles is 1. The molecule has 0 bridgehead atoms. The highest BCUT2D eigenvalue weighted by molar-refractivity contribution is 6.54. The summed E-state index contributed by atoms with van der Waals surface area (Å²) in [6.07, 6.45) is 0. The lowest BCUT2D eigenvalue weighted by molar-refractivity contribution is 0.0517. The molecule has 5 rings (SSSR count). The lowest BCUT2D eigenvalue weighted by Gasteiger charge is -2.19. The first-order valence-corrected chi connectivity index (χ1v) is 10.3. The van der Waals surface area contributed by atoms with Gasteiger partial charge in [0.2, 0.25) is 5.78 Å². The minimum Gasteiger partial charge on any atom is -0.312 e. The predicted octanol–water partition coefficient (Wildman–Crippen LogP) is 5.65. The molecule has 0 heterocycles. The topological polar surface area (TPSA) is 79.5 Å². The molecule has 1 aliphatic rings. The molecule has 4 aromatic rings. The number of hydrogen-bond donors (Lipinski definition) is 0. The van der Waals surface area contributed by atoms with Gasteiger partial charge in [-0.15, -0.1) is 0 Å². The zero-order valence-electron chi connectivity index (χ0n) is 17.4. The maximum atomic E-state index is 13.1. The fourth-order valence-electron chi connectivity index (χ4n) is 4.03. The third kappa shape index (κ3) is 3.50. The molecule has 0 amide bonds. The number of carbonyl (C=O) groups is 2. The Kier molecular flexibility index (Phi) is 5.10. The first-order valence-electron chi connectivity index (χ1n) is 10.3. The number of ketones is 1. The summed E-state index contributed by atoms with van der Waals surface area (Å²) in [5, 5.41) is 13.5. The number of carbonyl (C=O) groups excluding carboxylic acids is 2. The highest BCUT2D eigenvalue weighted by Crippen LogP contribution is 2.34. The van der Waals surface area contributed by atoms with Crippen LogP contribution >= 0.6 is 0 Å². The number of Topliss-reactive ketones (excluding diaryl/α,β-unsaturated/α-hetero) is 1. The minimum atomic E-state index is -0.713. The Morgan fingerprint density at radius 3 is 1.88 bits per heavy atom. The summed E-state index contributed by atoms with van der Waals surface area (Å²) in [6, 6.07) is 30.7. The highest BCUT2D eigenvalue weighted by atomic mass is 16.7. The Bertz CT molecular complexity index is 1500. The van der Waals surface area contributed by atoms with Gasteiger partial charge in [-0.25, -0.2) is 4.79 Å². The molecular weight excluding hydrogens is 412 g/mol. The molecule has 4 aromatic carbocycles. The standard InChI is InChI=1S/C28H16N2O3/c29-17-18-9-1-2-10-19(18)20-11-5-8-16-25(20)28(32)33-30-26-23-14-6-3-12-21(23)22-13-4-7-15-24(22)27(26)31/h1-16H. The molecule has 0 N–H and O–H groups in total. The molecule has 1 aliphatic carbocycles. The van der Waals surface area contributed by atoms with Crippen LogP contribution in [0.3, 0.4) is 0 Å². The Morgan fingerprint density at radius 1 is 0.667 bits per heavy atom. The second-order valence-electron chi connectivity index (χ2n) is 7.44. The zero-order chi connectivity index (χ0) is 22.8. The summed E-state index contributed by atoms with van der Waals surface area (Å²) in [7, 11) is 0. The van der Waals surface area contributed by atoms with Crippen LogP contribution in [0.25, 0.3) is 22.3 Å². The van der Waals surface area contributed by atoms with Gasteiger partial charge in [0.25, 0.3) is 0 Å². The van der Waals surface area contributed by atoms with Crippen LogP contribution in [-0.2, 0) is 4.84 Å². The lowest BCUT2D eigenvalue weighted by atomic mass is 9.83. The molecule has 0 unspecified atom stereocenters. The SMILES string of the molecule is N#Cc1ccccc1-c1ccccc1C(=O)ON=C1C(=O)c2ccccc2-c2ccccc21. The van der Waals surface area contributed by atoms with Crippen molar-refractivity contribution >= 4 is 17.5 Å². The molecule has 0 saturated carbocycles. The zero-order valence-corrected chi connectivity index (χ0v) is 17.4. The Balaban J connectivity index is 1.54. The molecular formula is C28H16N2O3. The number of nitrogens with zero attached hydrogens (tertiary/aromatic N) is 2. The van der Waals surface area contributed by atoms with Crippen LogP contribution in [0.1, 0.15) is 31.8 Å². The summed E-state index contributed by atoms with van der Waals surface area (Å²) in [5.41, 5.74) is 4.74. The van der Waals surface area contributed by atoms with Gasteiger partial charge in [-0.2, -0.15) is 5.26 Å². The van der Waals surface area contributed by atoms with E-state index in [1.807, 2.05) is 30.3 Å². The second kappa shape index (κ2) is 8.37. The quantitative estimate of drug-likeness (QED) is 0.312. The summed E-state index contributed by atoms with van der Waals surface area (Å²) < 4.78 is 0. The van der Waals surface area contributed by atoms with Crippen molar-refractivity contribution in [1.29, 1.82) is 5.26 Å². The molecule has 0 radical (unpaired) electrons. The van der Waals surface area contributed by atoms with Crippen molar-refractivity contribution in [3.63, 3.8) is 0 Å². The molecule has 0 saturated heterocycles. The Morgan fingerprint density at radius 2 is 1.18 bits per heavy atom. The molecule has 0 fully saturated rings. The van der Waals surface area contributed by atoms with Crippen LogP contribution in [0.15, 0.2) is 102 Å². The maximum absolute atomic E-state index is 13.1. The van der Waals surface area contributed by atoms with Crippen molar-refractivity contribution in [3.05, 3.63) is 119 Å². The van der Waals surface area contributed by atoms with E-state index in [0.717, 1.165) is 11.1 Å². The van der Waals surface area contributed by atoms with E-state index >= 15 is 0 Å². The molecule has 156 valence electrons. The molecule has 0 spiro atoms. The first-order chi connectivity index (χ1) is 16.2. The second-order valence-corrected chi connectivity index (χ2v) is 7.44. The van der Waals surface area contributed by atoms with Crippen molar-refractivity contribution in [2.75, 3.05) is 0 Å². The predicted molar refractivity (Wildman–Crippen MR) is 125 cm³/mol. The van der Waals surface area contributed by atoms with Crippen molar-refractivity contribution < 1.29 is 14.4 Å². The monoisotopic (exact) mass is 428 g/mol. The van der Waals surface area contributed by atoms with Gasteiger partial charge >= 0.3 is 5.97 Å².